The molecule has 1 fully saturated rings. The highest BCUT2D eigenvalue weighted by Gasteiger charge is 2.21. The molecule has 1 saturated heterocycles. The maximum atomic E-state index is 12.1. The highest BCUT2D eigenvalue weighted by atomic mass is 16.5. The van der Waals surface area contributed by atoms with Crippen LogP contribution in [0.15, 0.2) is 24.3 Å². The zero-order valence-electron chi connectivity index (χ0n) is 17.2. The Labute approximate surface area is 163 Å². The van der Waals surface area contributed by atoms with Gasteiger partial charge in [0.1, 0.15) is 0 Å². The number of urea groups is 1. The van der Waals surface area contributed by atoms with Crippen LogP contribution in [0.3, 0.4) is 0 Å². The van der Waals surface area contributed by atoms with Crippen LogP contribution < -0.4 is 10.6 Å². The average molecular weight is 378 g/mol. The lowest BCUT2D eigenvalue weighted by Gasteiger charge is -2.35. The molecule has 6 heteroatoms. The summed E-state index contributed by atoms with van der Waals surface area (Å²) < 4.78 is 11.4. The van der Waals surface area contributed by atoms with Crippen LogP contribution in [0.4, 0.5) is 4.79 Å². The van der Waals surface area contributed by atoms with Gasteiger partial charge in [-0.3, -0.25) is 4.90 Å². The number of carbonyl (C=O) groups is 1. The lowest BCUT2D eigenvalue weighted by Crippen LogP contribution is -2.46. The molecule has 2 N–H and O–H groups in total. The van der Waals surface area contributed by atoms with Gasteiger partial charge in [-0.1, -0.05) is 24.3 Å². The Balaban J connectivity index is 1.65. The fourth-order valence-electron chi connectivity index (χ4n) is 3.34. The van der Waals surface area contributed by atoms with Crippen LogP contribution in [0.2, 0.25) is 0 Å². The summed E-state index contributed by atoms with van der Waals surface area (Å²) in [5, 5.41) is 5.89. The molecule has 2 atom stereocenters. The average Bonchev–Trinajstić information content (AvgIpc) is 2.61. The molecule has 1 aromatic carbocycles. The second-order valence-corrected chi connectivity index (χ2v) is 7.61. The number of nitrogens with one attached hydrogen (secondary N) is 2. The van der Waals surface area contributed by atoms with E-state index in [-0.39, 0.29) is 24.3 Å². The molecule has 6 nitrogen and oxygen atoms in total. The van der Waals surface area contributed by atoms with Gasteiger partial charge in [0.05, 0.1) is 24.9 Å². The van der Waals surface area contributed by atoms with Gasteiger partial charge in [-0.25, -0.2) is 4.79 Å². The number of benzene rings is 1. The van der Waals surface area contributed by atoms with Gasteiger partial charge >= 0.3 is 6.03 Å². The van der Waals surface area contributed by atoms with Gasteiger partial charge in [0.15, 0.2) is 0 Å². The standard InChI is InChI=1S/C21H35N3O3/c1-16(2)26-15-20-9-6-5-8-19(20)12-23-21(25)22-10-7-11-24-13-17(3)27-18(4)14-24/h5-6,8-9,16-18H,7,10-15H2,1-4H3,(H2,22,23,25). The Bertz CT molecular complexity index is 570. The maximum absolute atomic E-state index is 12.1. The third-order valence-electron chi connectivity index (χ3n) is 4.56. The van der Waals surface area contributed by atoms with Crippen molar-refractivity contribution in [3.8, 4) is 0 Å². The van der Waals surface area contributed by atoms with Crippen LogP contribution in [0.25, 0.3) is 0 Å². The Morgan fingerprint density at radius 2 is 1.85 bits per heavy atom. The van der Waals surface area contributed by atoms with Crippen LogP contribution in [0.5, 0.6) is 0 Å². The molecule has 2 amide bonds. The number of hydrogen-bond donors (Lipinski definition) is 2. The Morgan fingerprint density at radius 3 is 2.52 bits per heavy atom. The first kappa shape index (κ1) is 21.7. The monoisotopic (exact) mass is 377 g/mol. The van der Waals surface area contributed by atoms with Crippen molar-refractivity contribution >= 4 is 6.03 Å². The van der Waals surface area contributed by atoms with Gasteiger partial charge in [-0.15, -0.1) is 0 Å². The Kier molecular flexibility index (Phi) is 9.04. The van der Waals surface area contributed by atoms with Crippen molar-refractivity contribution in [3.05, 3.63) is 35.4 Å². The molecule has 1 aliphatic rings. The minimum absolute atomic E-state index is 0.127. The molecule has 27 heavy (non-hydrogen) atoms. The molecule has 0 radical (unpaired) electrons. The summed E-state index contributed by atoms with van der Waals surface area (Å²) in [4.78, 5) is 14.5. The highest BCUT2D eigenvalue weighted by molar-refractivity contribution is 5.73. The van der Waals surface area contributed by atoms with Crippen LogP contribution in [0.1, 0.15) is 45.2 Å². The van der Waals surface area contributed by atoms with Crippen LogP contribution in [-0.2, 0) is 22.6 Å². The topological polar surface area (TPSA) is 62.8 Å². The summed E-state index contributed by atoms with van der Waals surface area (Å²) in [6.07, 6.45) is 1.69. The van der Waals surface area contributed by atoms with E-state index in [1.807, 2.05) is 38.1 Å². The van der Waals surface area contributed by atoms with Gasteiger partial charge in [0.2, 0.25) is 0 Å². The highest BCUT2D eigenvalue weighted by Crippen LogP contribution is 2.12. The summed E-state index contributed by atoms with van der Waals surface area (Å²) >= 11 is 0. The van der Waals surface area contributed by atoms with E-state index in [1.54, 1.807) is 0 Å². The molecule has 1 heterocycles. The molecule has 2 rings (SSSR count). The van der Waals surface area contributed by atoms with Gasteiger partial charge < -0.3 is 20.1 Å². The second-order valence-electron chi connectivity index (χ2n) is 7.61. The first-order valence-corrected chi connectivity index (χ1v) is 10.0. The number of hydrogen-bond acceptors (Lipinski definition) is 4. The number of morpholine rings is 1. The summed E-state index contributed by atoms with van der Waals surface area (Å²) in [7, 11) is 0. The fraction of sp³-hybridized carbons (Fsp3) is 0.667. The summed E-state index contributed by atoms with van der Waals surface area (Å²) in [5.74, 6) is 0. The number of carbonyl (C=O) groups excluding carboxylic acids is 1. The molecule has 0 aromatic heterocycles. The van der Waals surface area contributed by atoms with Gasteiger partial charge in [0, 0.05) is 32.7 Å². The van der Waals surface area contributed by atoms with E-state index in [9.17, 15) is 4.79 Å². The molecule has 0 bridgehead atoms. The van der Waals surface area contributed by atoms with Crippen molar-refractivity contribution < 1.29 is 14.3 Å². The van der Waals surface area contributed by atoms with Crippen LogP contribution in [0, 0.1) is 0 Å². The predicted molar refractivity (Wildman–Crippen MR) is 108 cm³/mol. The first-order valence-electron chi connectivity index (χ1n) is 10.0. The lowest BCUT2D eigenvalue weighted by atomic mass is 10.1. The zero-order valence-corrected chi connectivity index (χ0v) is 17.2. The van der Waals surface area contributed by atoms with Gasteiger partial charge in [-0.2, -0.15) is 0 Å². The maximum Gasteiger partial charge on any atom is 0.315 e. The lowest BCUT2D eigenvalue weighted by molar-refractivity contribution is -0.0679. The van der Waals surface area contributed by atoms with Crippen molar-refractivity contribution in [3.63, 3.8) is 0 Å². The van der Waals surface area contributed by atoms with E-state index in [4.69, 9.17) is 9.47 Å². The van der Waals surface area contributed by atoms with E-state index in [2.05, 4.69) is 29.4 Å². The van der Waals surface area contributed by atoms with E-state index in [0.29, 0.717) is 19.7 Å². The largest absolute Gasteiger partial charge is 0.374 e. The molecule has 0 saturated carbocycles. The SMILES string of the molecule is CC(C)OCc1ccccc1CNC(=O)NCCCN1CC(C)OC(C)C1. The van der Waals surface area contributed by atoms with Gasteiger partial charge in [-0.05, 0) is 45.2 Å². The van der Waals surface area contributed by atoms with E-state index >= 15 is 0 Å². The van der Waals surface area contributed by atoms with E-state index in [0.717, 1.165) is 37.2 Å². The first-order chi connectivity index (χ1) is 12.9. The van der Waals surface area contributed by atoms with Crippen molar-refractivity contribution in [1.29, 1.82) is 0 Å². The molecule has 0 aliphatic carbocycles. The van der Waals surface area contributed by atoms with E-state index < -0.39 is 0 Å². The van der Waals surface area contributed by atoms with E-state index in [1.165, 1.54) is 0 Å². The number of rotatable bonds is 9. The summed E-state index contributed by atoms with van der Waals surface area (Å²) in [6.45, 7) is 12.9. The minimum atomic E-state index is -0.127. The van der Waals surface area contributed by atoms with Gasteiger partial charge in [0.25, 0.3) is 0 Å². The Hall–Kier alpha value is -1.63. The predicted octanol–water partition coefficient (Wildman–Crippen LogP) is 2.91. The zero-order chi connectivity index (χ0) is 19.6. The summed E-state index contributed by atoms with van der Waals surface area (Å²) in [6, 6.07) is 7.92. The molecular formula is C21H35N3O3. The molecule has 0 spiro atoms. The molecular weight excluding hydrogens is 342 g/mol. The quantitative estimate of drug-likeness (QED) is 0.650. The molecule has 2 unspecified atom stereocenters. The van der Waals surface area contributed by atoms with Crippen molar-refractivity contribution in [1.82, 2.24) is 15.5 Å². The number of nitrogens with zero attached hydrogens (tertiary/aromatic N) is 1. The number of ether oxygens (including phenoxy) is 2. The van der Waals surface area contributed by atoms with Crippen molar-refractivity contribution in [2.24, 2.45) is 0 Å². The van der Waals surface area contributed by atoms with Crippen LogP contribution >= 0.6 is 0 Å². The number of amides is 2. The van der Waals surface area contributed by atoms with Crippen molar-refractivity contribution in [2.75, 3.05) is 26.2 Å². The molecule has 152 valence electrons. The third-order valence-corrected chi connectivity index (χ3v) is 4.56. The normalized spacial score (nSPS) is 20.6. The van der Waals surface area contributed by atoms with Crippen LogP contribution in [-0.4, -0.2) is 55.4 Å². The molecule has 1 aromatic rings. The van der Waals surface area contributed by atoms with Crippen molar-refractivity contribution in [2.45, 2.75) is 65.6 Å². The smallest absolute Gasteiger partial charge is 0.315 e. The minimum Gasteiger partial charge on any atom is -0.374 e. The summed E-state index contributed by atoms with van der Waals surface area (Å²) in [5.41, 5.74) is 2.20. The second kappa shape index (κ2) is 11.3. The third kappa shape index (κ3) is 8.28. The fourth-order valence-corrected chi connectivity index (χ4v) is 3.34. The Morgan fingerprint density at radius 1 is 1.19 bits per heavy atom. The molecule has 1 aliphatic heterocycles.